The lowest BCUT2D eigenvalue weighted by atomic mass is 10.1. The van der Waals surface area contributed by atoms with Gasteiger partial charge >= 0.3 is 0 Å². The number of nitrogens with zero attached hydrogens (tertiary/aromatic N) is 2. The fourth-order valence-corrected chi connectivity index (χ4v) is 2.91. The summed E-state index contributed by atoms with van der Waals surface area (Å²) in [7, 11) is 4.98. The maximum absolute atomic E-state index is 12.7. The van der Waals surface area contributed by atoms with E-state index in [1.807, 2.05) is 6.92 Å². The number of rotatable bonds is 9. The quantitative estimate of drug-likeness (QED) is 0.529. The smallest absolute Gasteiger partial charge is 0.257 e. The molecule has 2 aromatic carbocycles. The van der Waals surface area contributed by atoms with Gasteiger partial charge in [0.1, 0.15) is 23.4 Å². The summed E-state index contributed by atoms with van der Waals surface area (Å²) < 4.78 is 16.9. The van der Waals surface area contributed by atoms with Crippen LogP contribution in [0.4, 0.5) is 5.82 Å². The van der Waals surface area contributed by atoms with Gasteiger partial charge in [-0.05, 0) is 43.3 Å². The predicted molar refractivity (Wildman–Crippen MR) is 119 cm³/mol. The van der Waals surface area contributed by atoms with E-state index >= 15 is 0 Å². The number of methoxy groups -OCH3 is 1. The number of ether oxygens (including phenoxy) is 3. The topological polar surface area (TPSA) is 106 Å². The largest absolute Gasteiger partial charge is 0.488 e. The molecule has 1 atom stereocenters. The van der Waals surface area contributed by atoms with Crippen molar-refractivity contribution in [3.05, 3.63) is 65.9 Å². The highest BCUT2D eigenvalue weighted by Gasteiger charge is 2.14. The Morgan fingerprint density at radius 3 is 2.38 bits per heavy atom. The molecule has 9 nitrogen and oxygen atoms in total. The number of amides is 2. The van der Waals surface area contributed by atoms with Gasteiger partial charge in [-0.25, -0.2) is 0 Å². The first-order valence-electron chi connectivity index (χ1n) is 9.97. The summed E-state index contributed by atoms with van der Waals surface area (Å²) in [5.41, 5.74) is 0.886. The molecule has 2 amide bonds. The van der Waals surface area contributed by atoms with E-state index in [1.54, 1.807) is 75.9 Å². The van der Waals surface area contributed by atoms with Crippen LogP contribution in [0.5, 0.6) is 17.2 Å². The van der Waals surface area contributed by atoms with E-state index in [1.165, 1.54) is 4.90 Å². The molecule has 168 valence electrons. The Bertz CT molecular complexity index is 1050. The molecular weight excluding hydrogens is 412 g/mol. The van der Waals surface area contributed by atoms with Crippen LogP contribution >= 0.6 is 0 Å². The number of aromatic amines is 1. The molecule has 3 aromatic rings. The highest BCUT2D eigenvalue weighted by atomic mass is 16.5. The zero-order valence-corrected chi connectivity index (χ0v) is 18.4. The van der Waals surface area contributed by atoms with Crippen LogP contribution in [0.1, 0.15) is 27.6 Å². The summed E-state index contributed by atoms with van der Waals surface area (Å²) in [6, 6.07) is 13.3. The fourth-order valence-electron chi connectivity index (χ4n) is 2.91. The van der Waals surface area contributed by atoms with Gasteiger partial charge in [0.25, 0.3) is 11.8 Å². The average Bonchev–Trinajstić information content (AvgIpc) is 3.26. The van der Waals surface area contributed by atoms with Crippen molar-refractivity contribution in [1.29, 1.82) is 0 Å². The second kappa shape index (κ2) is 10.5. The van der Waals surface area contributed by atoms with Crippen molar-refractivity contribution in [3.63, 3.8) is 0 Å². The molecule has 0 bridgehead atoms. The molecule has 0 radical (unpaired) electrons. The molecule has 32 heavy (non-hydrogen) atoms. The summed E-state index contributed by atoms with van der Waals surface area (Å²) >= 11 is 0. The molecule has 0 fully saturated rings. The second-order valence-corrected chi connectivity index (χ2v) is 7.32. The van der Waals surface area contributed by atoms with E-state index in [0.29, 0.717) is 40.8 Å². The van der Waals surface area contributed by atoms with E-state index in [4.69, 9.17) is 14.2 Å². The van der Waals surface area contributed by atoms with Gasteiger partial charge in [0, 0.05) is 50.7 Å². The number of benzene rings is 2. The summed E-state index contributed by atoms with van der Waals surface area (Å²) in [6.07, 6.45) is 1.38. The summed E-state index contributed by atoms with van der Waals surface area (Å²) in [5.74, 6) is 1.32. The number of H-pyrrole nitrogens is 1. The lowest BCUT2D eigenvalue weighted by molar-refractivity contribution is 0.0827. The summed E-state index contributed by atoms with van der Waals surface area (Å²) in [6.45, 7) is 2.25. The Kier molecular flexibility index (Phi) is 7.45. The third-order valence-electron chi connectivity index (χ3n) is 4.37. The van der Waals surface area contributed by atoms with Crippen molar-refractivity contribution in [1.82, 2.24) is 15.1 Å². The molecule has 0 saturated carbocycles. The van der Waals surface area contributed by atoms with Gasteiger partial charge in [0.2, 0.25) is 0 Å². The minimum atomic E-state index is -0.362. The zero-order valence-electron chi connectivity index (χ0n) is 18.4. The number of nitrogens with one attached hydrogen (secondary N) is 2. The van der Waals surface area contributed by atoms with Crippen molar-refractivity contribution in [2.75, 3.05) is 33.1 Å². The maximum atomic E-state index is 12.7. The van der Waals surface area contributed by atoms with Crippen molar-refractivity contribution in [2.24, 2.45) is 0 Å². The van der Waals surface area contributed by atoms with Crippen LogP contribution in [0.25, 0.3) is 0 Å². The van der Waals surface area contributed by atoms with Gasteiger partial charge in [-0.2, -0.15) is 5.10 Å². The van der Waals surface area contributed by atoms with Crippen LogP contribution in [-0.2, 0) is 4.74 Å². The van der Waals surface area contributed by atoms with Gasteiger partial charge in [-0.1, -0.05) is 0 Å². The number of hydrogen-bond acceptors (Lipinski definition) is 6. The number of anilines is 1. The van der Waals surface area contributed by atoms with Gasteiger partial charge in [0.05, 0.1) is 6.61 Å². The molecule has 0 spiro atoms. The Morgan fingerprint density at radius 1 is 1.03 bits per heavy atom. The number of carbonyl (C=O) groups excluding carboxylic acids is 2. The lowest BCUT2D eigenvalue weighted by Gasteiger charge is -2.16. The van der Waals surface area contributed by atoms with E-state index in [-0.39, 0.29) is 17.9 Å². The molecular formula is C23H26N4O5. The van der Waals surface area contributed by atoms with Gasteiger partial charge in [-0.15, -0.1) is 0 Å². The monoisotopic (exact) mass is 438 g/mol. The van der Waals surface area contributed by atoms with Crippen LogP contribution < -0.4 is 14.8 Å². The van der Waals surface area contributed by atoms with Gasteiger partial charge < -0.3 is 24.4 Å². The molecule has 1 aromatic heterocycles. The molecule has 1 heterocycles. The second-order valence-electron chi connectivity index (χ2n) is 7.32. The van der Waals surface area contributed by atoms with E-state index in [9.17, 15) is 9.59 Å². The van der Waals surface area contributed by atoms with Crippen molar-refractivity contribution < 1.29 is 23.8 Å². The van der Waals surface area contributed by atoms with Crippen LogP contribution in [0, 0.1) is 0 Å². The van der Waals surface area contributed by atoms with Gasteiger partial charge in [-0.3, -0.25) is 14.7 Å². The molecule has 0 aliphatic carbocycles. The number of carbonyl (C=O) groups is 2. The molecule has 3 rings (SSSR count). The van der Waals surface area contributed by atoms with Crippen molar-refractivity contribution in [3.8, 4) is 17.2 Å². The van der Waals surface area contributed by atoms with Gasteiger partial charge in [0.15, 0.2) is 5.82 Å². The molecule has 9 heteroatoms. The molecule has 0 aliphatic rings. The average molecular weight is 438 g/mol. The maximum Gasteiger partial charge on any atom is 0.257 e. The fraction of sp³-hybridized carbons (Fsp3) is 0.261. The van der Waals surface area contributed by atoms with Crippen LogP contribution in [0.3, 0.4) is 0 Å². The standard InChI is InChI=1S/C23H26N4O5/c1-15(14-30-4)31-19-11-17(22(28)25-21-9-10-24-26-21)12-20(13-19)32-18-7-5-16(6-8-18)23(29)27(2)3/h5-13,15H,14H2,1-4H3,(H2,24,25,26,28). The van der Waals surface area contributed by atoms with E-state index in [2.05, 4.69) is 15.5 Å². The molecule has 2 N–H and O–H groups in total. The SMILES string of the molecule is COCC(C)Oc1cc(Oc2ccc(C(=O)N(C)C)cc2)cc(C(=O)Nc2cc[nH]n2)c1. The highest BCUT2D eigenvalue weighted by molar-refractivity contribution is 6.04. The first kappa shape index (κ1) is 22.8. The first-order chi connectivity index (χ1) is 15.4. The van der Waals surface area contributed by atoms with Crippen LogP contribution in [0.15, 0.2) is 54.7 Å². The molecule has 1 unspecified atom stereocenters. The highest BCUT2D eigenvalue weighted by Crippen LogP contribution is 2.29. The Labute approximate surface area is 186 Å². The molecule has 0 aliphatic heterocycles. The number of aromatic nitrogens is 2. The minimum Gasteiger partial charge on any atom is -0.488 e. The normalized spacial score (nSPS) is 11.5. The Balaban J connectivity index is 1.84. The van der Waals surface area contributed by atoms with E-state index in [0.717, 1.165) is 0 Å². The number of hydrogen-bond donors (Lipinski definition) is 2. The summed E-state index contributed by atoms with van der Waals surface area (Å²) in [5, 5.41) is 9.29. The third-order valence-corrected chi connectivity index (χ3v) is 4.37. The van der Waals surface area contributed by atoms with Crippen molar-refractivity contribution in [2.45, 2.75) is 13.0 Å². The predicted octanol–water partition coefficient (Wildman–Crippen LogP) is 3.57. The van der Waals surface area contributed by atoms with Crippen molar-refractivity contribution >= 4 is 17.6 Å². The third kappa shape index (κ3) is 6.08. The molecule has 0 saturated heterocycles. The van der Waals surface area contributed by atoms with Crippen LogP contribution in [-0.4, -0.2) is 60.8 Å². The minimum absolute atomic E-state index is 0.101. The Morgan fingerprint density at radius 2 is 1.75 bits per heavy atom. The van der Waals surface area contributed by atoms with Crippen LogP contribution in [0.2, 0.25) is 0 Å². The lowest BCUT2D eigenvalue weighted by Crippen LogP contribution is -2.21. The van der Waals surface area contributed by atoms with E-state index < -0.39 is 0 Å². The zero-order chi connectivity index (χ0) is 23.1. The summed E-state index contributed by atoms with van der Waals surface area (Å²) in [4.78, 5) is 26.3. The first-order valence-corrected chi connectivity index (χ1v) is 9.97. The Hall–Kier alpha value is -3.85.